The molecular formula is C14H16N4O3. The molecule has 1 aromatic carbocycles. The van der Waals surface area contributed by atoms with Gasteiger partial charge < -0.3 is 9.47 Å². The molecule has 7 heteroatoms. The minimum atomic E-state index is -0.194. The van der Waals surface area contributed by atoms with Crippen LogP contribution >= 0.6 is 0 Å². The zero-order chi connectivity index (χ0) is 14.8. The highest BCUT2D eigenvalue weighted by Crippen LogP contribution is 2.34. The summed E-state index contributed by atoms with van der Waals surface area (Å²) in [5.41, 5.74) is 0.928. The number of hydrogen-bond donors (Lipinski definition) is 1. The molecule has 0 spiro atoms. The summed E-state index contributed by atoms with van der Waals surface area (Å²) in [5.74, 6) is 1.71. The monoisotopic (exact) mass is 288 g/mol. The van der Waals surface area contributed by atoms with Crippen molar-refractivity contribution in [2.24, 2.45) is 0 Å². The third-order valence-electron chi connectivity index (χ3n) is 3.37. The Morgan fingerprint density at radius 2 is 2.29 bits per heavy atom. The highest BCUT2D eigenvalue weighted by atomic mass is 16.5. The molecule has 0 saturated heterocycles. The number of nitrogens with one attached hydrogen (secondary N) is 1. The zero-order valence-electron chi connectivity index (χ0n) is 11.9. The molecule has 1 amide bonds. The summed E-state index contributed by atoms with van der Waals surface area (Å²) in [5, 5.41) is 6.88. The zero-order valence-corrected chi connectivity index (χ0v) is 11.9. The van der Waals surface area contributed by atoms with E-state index in [1.165, 1.54) is 6.33 Å². The van der Waals surface area contributed by atoms with Crippen molar-refractivity contribution in [1.29, 1.82) is 0 Å². The first-order valence-corrected chi connectivity index (χ1v) is 6.73. The van der Waals surface area contributed by atoms with Crippen molar-refractivity contribution in [3.8, 4) is 11.5 Å². The fraction of sp³-hybridized carbons (Fsp3) is 0.357. The summed E-state index contributed by atoms with van der Waals surface area (Å²) in [7, 11) is 1.59. The number of hydrogen-bond acceptors (Lipinski definition) is 5. The molecule has 1 N–H and O–H groups in total. The number of rotatable bonds is 4. The molecule has 1 aliphatic rings. The summed E-state index contributed by atoms with van der Waals surface area (Å²) in [6, 6.07) is 5.45. The Kier molecular flexibility index (Phi) is 3.47. The molecule has 0 saturated carbocycles. The molecule has 0 fully saturated rings. The van der Waals surface area contributed by atoms with E-state index in [1.807, 2.05) is 25.1 Å². The number of methoxy groups -OCH3 is 1. The van der Waals surface area contributed by atoms with Crippen molar-refractivity contribution in [3.63, 3.8) is 0 Å². The van der Waals surface area contributed by atoms with Gasteiger partial charge in [0.15, 0.2) is 11.5 Å². The van der Waals surface area contributed by atoms with Crippen LogP contribution in [0, 0.1) is 0 Å². The smallest absolute Gasteiger partial charge is 0.229 e. The topological polar surface area (TPSA) is 78.3 Å². The fourth-order valence-corrected chi connectivity index (χ4v) is 2.43. The average Bonchev–Trinajstić information content (AvgIpc) is 2.95. The first-order chi connectivity index (χ1) is 10.2. The maximum atomic E-state index is 11.8. The fourth-order valence-electron chi connectivity index (χ4n) is 2.43. The van der Waals surface area contributed by atoms with Crippen LogP contribution in [0.15, 0.2) is 24.5 Å². The van der Waals surface area contributed by atoms with Crippen LogP contribution in [0.3, 0.4) is 0 Å². The van der Waals surface area contributed by atoms with Crippen LogP contribution in [0.4, 0.5) is 5.95 Å². The van der Waals surface area contributed by atoms with Gasteiger partial charge in [-0.1, -0.05) is 6.07 Å². The molecule has 2 aromatic rings. The Morgan fingerprint density at radius 1 is 1.43 bits per heavy atom. The van der Waals surface area contributed by atoms with E-state index in [1.54, 1.807) is 11.8 Å². The summed E-state index contributed by atoms with van der Waals surface area (Å²) < 4.78 is 12.6. The number of carbonyl (C=O) groups excluding carboxylic acids is 1. The van der Waals surface area contributed by atoms with Crippen LogP contribution < -0.4 is 14.8 Å². The first-order valence-electron chi connectivity index (χ1n) is 6.73. The lowest BCUT2D eigenvalue weighted by Gasteiger charge is -2.24. The van der Waals surface area contributed by atoms with E-state index in [0.717, 1.165) is 5.56 Å². The minimum Gasteiger partial charge on any atom is -0.493 e. The number of benzene rings is 1. The maximum Gasteiger partial charge on any atom is 0.229 e. The predicted molar refractivity (Wildman–Crippen MR) is 75.6 cm³/mol. The van der Waals surface area contributed by atoms with Gasteiger partial charge in [0.05, 0.1) is 26.2 Å². The number of anilines is 1. The molecule has 1 aliphatic heterocycles. The highest BCUT2D eigenvalue weighted by molar-refractivity contribution is 5.91. The number of nitrogens with zero attached hydrogens (tertiary/aromatic N) is 3. The van der Waals surface area contributed by atoms with Crippen molar-refractivity contribution >= 4 is 11.9 Å². The van der Waals surface area contributed by atoms with E-state index in [4.69, 9.17) is 9.47 Å². The molecule has 0 radical (unpaired) electrons. The Labute approximate surface area is 121 Å². The SMILES string of the molecule is CCOc1ccc([C@H]2CC(=O)Nc3ncnn32)cc1OC. The Bertz CT molecular complexity index is 668. The van der Waals surface area contributed by atoms with Gasteiger partial charge in [0.25, 0.3) is 0 Å². The predicted octanol–water partition coefficient (Wildman–Crippen LogP) is 1.62. The Hall–Kier alpha value is -2.57. The van der Waals surface area contributed by atoms with Crippen LogP contribution in [0.5, 0.6) is 11.5 Å². The van der Waals surface area contributed by atoms with Gasteiger partial charge in [-0.05, 0) is 24.6 Å². The van der Waals surface area contributed by atoms with E-state index < -0.39 is 0 Å². The number of aromatic nitrogens is 3. The lowest BCUT2D eigenvalue weighted by atomic mass is 10.0. The quantitative estimate of drug-likeness (QED) is 0.925. The normalized spacial score (nSPS) is 17.0. The van der Waals surface area contributed by atoms with Gasteiger partial charge in [0.1, 0.15) is 6.33 Å². The number of carbonyl (C=O) groups is 1. The highest BCUT2D eigenvalue weighted by Gasteiger charge is 2.28. The molecule has 3 rings (SSSR count). The molecule has 0 aliphatic carbocycles. The number of fused-ring (bicyclic) bond motifs is 1. The van der Waals surface area contributed by atoms with Crippen LogP contribution in [0.25, 0.3) is 0 Å². The van der Waals surface area contributed by atoms with Gasteiger partial charge >= 0.3 is 0 Å². The van der Waals surface area contributed by atoms with Gasteiger partial charge in [0.2, 0.25) is 11.9 Å². The van der Waals surface area contributed by atoms with Gasteiger partial charge in [-0.2, -0.15) is 10.1 Å². The van der Waals surface area contributed by atoms with Gasteiger partial charge in [-0.25, -0.2) is 4.68 Å². The second-order valence-electron chi connectivity index (χ2n) is 4.64. The lowest BCUT2D eigenvalue weighted by molar-refractivity contribution is -0.117. The van der Waals surface area contributed by atoms with E-state index in [9.17, 15) is 4.79 Å². The lowest BCUT2D eigenvalue weighted by Crippen LogP contribution is -2.29. The summed E-state index contributed by atoms with van der Waals surface area (Å²) in [6.45, 7) is 2.48. The van der Waals surface area contributed by atoms with Crippen LogP contribution in [-0.2, 0) is 4.79 Å². The molecule has 1 atom stereocenters. The number of ether oxygens (including phenoxy) is 2. The molecule has 110 valence electrons. The molecule has 7 nitrogen and oxygen atoms in total. The molecule has 0 unspecified atom stereocenters. The van der Waals surface area contributed by atoms with Crippen molar-refractivity contribution < 1.29 is 14.3 Å². The van der Waals surface area contributed by atoms with Gasteiger partial charge in [-0.3, -0.25) is 10.1 Å². The maximum absolute atomic E-state index is 11.8. The van der Waals surface area contributed by atoms with Crippen molar-refractivity contribution in [2.75, 3.05) is 19.0 Å². The molecule has 0 bridgehead atoms. The van der Waals surface area contributed by atoms with Crippen LogP contribution in [-0.4, -0.2) is 34.4 Å². The van der Waals surface area contributed by atoms with E-state index >= 15 is 0 Å². The summed E-state index contributed by atoms with van der Waals surface area (Å²) in [4.78, 5) is 15.8. The minimum absolute atomic E-state index is 0.0756. The Balaban J connectivity index is 1.99. The molecule has 1 aromatic heterocycles. The summed E-state index contributed by atoms with van der Waals surface area (Å²) in [6.07, 6.45) is 1.74. The molecule has 21 heavy (non-hydrogen) atoms. The first kappa shape index (κ1) is 13.4. The second-order valence-corrected chi connectivity index (χ2v) is 4.64. The third kappa shape index (κ3) is 2.42. The van der Waals surface area contributed by atoms with Crippen molar-refractivity contribution in [2.45, 2.75) is 19.4 Å². The van der Waals surface area contributed by atoms with Crippen molar-refractivity contribution in [3.05, 3.63) is 30.1 Å². The van der Waals surface area contributed by atoms with Gasteiger partial charge in [0, 0.05) is 0 Å². The second kappa shape index (κ2) is 5.43. The standard InChI is InChI=1S/C14H16N4O3/c1-3-21-11-5-4-9(6-12(11)20-2)10-7-13(19)17-14-15-8-16-18(10)14/h4-6,8,10H,3,7H2,1-2H3,(H,15,16,17,19)/t10-/m1/s1. The molecule has 2 heterocycles. The number of amides is 1. The van der Waals surface area contributed by atoms with E-state index in [2.05, 4.69) is 15.4 Å². The van der Waals surface area contributed by atoms with Crippen molar-refractivity contribution in [1.82, 2.24) is 14.8 Å². The van der Waals surface area contributed by atoms with E-state index in [0.29, 0.717) is 30.5 Å². The largest absolute Gasteiger partial charge is 0.493 e. The Morgan fingerprint density at radius 3 is 3.05 bits per heavy atom. The summed E-state index contributed by atoms with van der Waals surface area (Å²) >= 11 is 0. The van der Waals surface area contributed by atoms with Crippen LogP contribution in [0.1, 0.15) is 24.9 Å². The molecular weight excluding hydrogens is 272 g/mol. The van der Waals surface area contributed by atoms with E-state index in [-0.39, 0.29) is 11.9 Å². The van der Waals surface area contributed by atoms with Gasteiger partial charge in [-0.15, -0.1) is 0 Å². The third-order valence-corrected chi connectivity index (χ3v) is 3.37. The average molecular weight is 288 g/mol. The van der Waals surface area contributed by atoms with Crippen LogP contribution in [0.2, 0.25) is 0 Å².